The zero-order chi connectivity index (χ0) is 19.4. The molecule has 9 nitrogen and oxygen atoms in total. The highest BCUT2D eigenvalue weighted by atomic mass is 32.2. The van der Waals surface area contributed by atoms with Gasteiger partial charge in [0, 0.05) is 19.0 Å². The summed E-state index contributed by atoms with van der Waals surface area (Å²) < 4.78 is 37.1. The molecule has 0 atom stereocenters. The molecule has 0 spiro atoms. The molecule has 1 aliphatic rings. The van der Waals surface area contributed by atoms with Crippen LogP contribution in [0.25, 0.3) is 0 Å². The van der Waals surface area contributed by atoms with Crippen LogP contribution in [0, 0.1) is 0 Å². The summed E-state index contributed by atoms with van der Waals surface area (Å²) in [5, 5.41) is 11.7. The van der Waals surface area contributed by atoms with E-state index in [-0.39, 0.29) is 23.6 Å². The van der Waals surface area contributed by atoms with Crippen LogP contribution in [-0.4, -0.2) is 51.7 Å². The molecule has 0 saturated heterocycles. The van der Waals surface area contributed by atoms with E-state index < -0.39 is 27.4 Å². The van der Waals surface area contributed by atoms with Gasteiger partial charge >= 0.3 is 5.97 Å². The van der Waals surface area contributed by atoms with E-state index in [1.54, 1.807) is 0 Å². The normalized spacial score (nSPS) is 15.6. The molecule has 0 heterocycles. The fraction of sp³-hybridized carbons (Fsp3) is 0.500. The summed E-state index contributed by atoms with van der Waals surface area (Å²) in [6.07, 6.45) is 1.33. The molecule has 10 heteroatoms. The van der Waals surface area contributed by atoms with Crippen molar-refractivity contribution in [3.05, 3.63) is 18.2 Å². The lowest BCUT2D eigenvalue weighted by molar-refractivity contribution is -0.151. The molecule has 2 rings (SSSR count). The zero-order valence-corrected chi connectivity index (χ0v) is 15.4. The van der Waals surface area contributed by atoms with Crippen molar-refractivity contribution < 1.29 is 32.6 Å². The second kappa shape index (κ2) is 7.92. The molecule has 1 aliphatic carbocycles. The van der Waals surface area contributed by atoms with Gasteiger partial charge in [-0.15, -0.1) is 0 Å². The smallest absolute Gasteiger partial charge is 0.329 e. The third-order valence-corrected chi connectivity index (χ3v) is 5.76. The molecule has 26 heavy (non-hydrogen) atoms. The molecule has 144 valence electrons. The first-order valence-corrected chi connectivity index (χ1v) is 9.48. The average Bonchev–Trinajstić information content (AvgIpc) is 2.56. The Bertz CT molecular complexity index is 788. The SMILES string of the molecule is COc1ccc(S(=O)(=O)NCCC(=O)NC2(C(=O)O)CCC2)cc1OC. The number of carbonyl (C=O) groups excluding carboxylic acids is 1. The number of nitrogens with one attached hydrogen (secondary N) is 2. The summed E-state index contributed by atoms with van der Waals surface area (Å²) in [4.78, 5) is 23.1. The number of benzene rings is 1. The molecule has 1 aromatic carbocycles. The maximum absolute atomic E-state index is 12.3. The van der Waals surface area contributed by atoms with E-state index in [4.69, 9.17) is 9.47 Å². The molecule has 1 saturated carbocycles. The van der Waals surface area contributed by atoms with Gasteiger partial charge in [0.1, 0.15) is 5.54 Å². The summed E-state index contributed by atoms with van der Waals surface area (Å²) in [5.74, 6) is -0.920. The number of carboxylic acid groups (broad SMARTS) is 1. The third-order valence-electron chi connectivity index (χ3n) is 4.30. The number of hydrogen-bond donors (Lipinski definition) is 3. The topological polar surface area (TPSA) is 131 Å². The van der Waals surface area contributed by atoms with Crippen molar-refractivity contribution in [1.29, 1.82) is 0 Å². The Balaban J connectivity index is 1.94. The average molecular weight is 386 g/mol. The Morgan fingerprint density at radius 3 is 2.35 bits per heavy atom. The van der Waals surface area contributed by atoms with Crippen LogP contribution in [-0.2, 0) is 19.6 Å². The van der Waals surface area contributed by atoms with Crippen molar-refractivity contribution in [2.45, 2.75) is 36.1 Å². The van der Waals surface area contributed by atoms with E-state index in [0.29, 0.717) is 18.6 Å². The molecule has 0 bridgehead atoms. The lowest BCUT2D eigenvalue weighted by Gasteiger charge is -2.38. The first-order chi connectivity index (χ1) is 12.2. The van der Waals surface area contributed by atoms with Crippen molar-refractivity contribution in [3.8, 4) is 11.5 Å². The van der Waals surface area contributed by atoms with E-state index in [0.717, 1.165) is 6.42 Å². The van der Waals surface area contributed by atoms with Gasteiger partial charge in [-0.2, -0.15) is 0 Å². The predicted molar refractivity (Wildman–Crippen MR) is 91.7 cm³/mol. The van der Waals surface area contributed by atoms with Gasteiger partial charge in [-0.05, 0) is 31.4 Å². The van der Waals surface area contributed by atoms with Gasteiger partial charge in [-0.25, -0.2) is 17.9 Å². The number of methoxy groups -OCH3 is 2. The van der Waals surface area contributed by atoms with Crippen molar-refractivity contribution in [1.82, 2.24) is 10.0 Å². The fourth-order valence-electron chi connectivity index (χ4n) is 2.62. The second-order valence-corrected chi connectivity index (χ2v) is 7.72. The van der Waals surface area contributed by atoms with Crippen LogP contribution in [0.1, 0.15) is 25.7 Å². The Morgan fingerprint density at radius 1 is 1.19 bits per heavy atom. The van der Waals surface area contributed by atoms with Gasteiger partial charge < -0.3 is 19.9 Å². The highest BCUT2D eigenvalue weighted by molar-refractivity contribution is 7.89. The molecule has 0 aromatic heterocycles. The molecule has 1 amide bonds. The van der Waals surface area contributed by atoms with Crippen LogP contribution in [0.3, 0.4) is 0 Å². The van der Waals surface area contributed by atoms with Crippen LogP contribution in [0.2, 0.25) is 0 Å². The Labute approximate surface area is 151 Å². The van der Waals surface area contributed by atoms with Crippen molar-refractivity contribution in [2.75, 3.05) is 20.8 Å². The molecule has 0 aliphatic heterocycles. The predicted octanol–water partition coefficient (Wildman–Crippen LogP) is 0.496. The maximum Gasteiger partial charge on any atom is 0.329 e. The summed E-state index contributed by atoms with van der Waals surface area (Å²) in [6, 6.07) is 4.14. The van der Waals surface area contributed by atoms with Crippen LogP contribution < -0.4 is 19.5 Å². The van der Waals surface area contributed by atoms with Gasteiger partial charge in [0.15, 0.2) is 11.5 Å². The summed E-state index contributed by atoms with van der Waals surface area (Å²) in [6.45, 7) is -0.155. The van der Waals surface area contributed by atoms with Crippen LogP contribution in [0.4, 0.5) is 0 Å². The van der Waals surface area contributed by atoms with Gasteiger partial charge in [0.2, 0.25) is 15.9 Å². The standard InChI is InChI=1S/C16H22N2O7S/c1-24-12-5-4-11(10-13(12)25-2)26(22,23)17-9-6-14(19)18-16(15(20)21)7-3-8-16/h4-5,10,17H,3,6-9H2,1-2H3,(H,18,19)(H,20,21). The lowest BCUT2D eigenvalue weighted by atomic mass is 9.76. The zero-order valence-electron chi connectivity index (χ0n) is 14.6. The number of hydrogen-bond acceptors (Lipinski definition) is 6. The molecule has 3 N–H and O–H groups in total. The van der Waals surface area contributed by atoms with Gasteiger partial charge in [0.05, 0.1) is 19.1 Å². The summed E-state index contributed by atoms with van der Waals surface area (Å²) in [7, 11) is -1.01. The lowest BCUT2D eigenvalue weighted by Crippen LogP contribution is -2.59. The van der Waals surface area contributed by atoms with Crippen LogP contribution >= 0.6 is 0 Å². The van der Waals surface area contributed by atoms with E-state index in [9.17, 15) is 23.1 Å². The minimum absolute atomic E-state index is 0.0310. The van der Waals surface area contributed by atoms with Gasteiger partial charge in [-0.3, -0.25) is 4.79 Å². The number of carbonyl (C=O) groups is 2. The monoisotopic (exact) mass is 386 g/mol. The highest BCUT2D eigenvalue weighted by Gasteiger charge is 2.45. The Hall–Kier alpha value is -2.33. The maximum atomic E-state index is 12.3. The number of carboxylic acids is 1. The summed E-state index contributed by atoms with van der Waals surface area (Å²) in [5.41, 5.74) is -1.21. The van der Waals surface area contributed by atoms with Crippen LogP contribution in [0.15, 0.2) is 23.1 Å². The molecular formula is C16H22N2O7S. The molecule has 0 unspecified atom stereocenters. The van der Waals surface area contributed by atoms with E-state index in [2.05, 4.69) is 10.0 Å². The molecular weight excluding hydrogens is 364 g/mol. The quantitative estimate of drug-likeness (QED) is 0.563. The third kappa shape index (κ3) is 4.25. The van der Waals surface area contributed by atoms with Crippen molar-refractivity contribution in [3.63, 3.8) is 0 Å². The number of rotatable bonds is 9. The van der Waals surface area contributed by atoms with Gasteiger partial charge in [0.25, 0.3) is 0 Å². The van der Waals surface area contributed by atoms with Gasteiger partial charge in [-0.1, -0.05) is 0 Å². The largest absolute Gasteiger partial charge is 0.493 e. The first-order valence-electron chi connectivity index (χ1n) is 8.00. The number of ether oxygens (including phenoxy) is 2. The Morgan fingerprint density at radius 2 is 1.85 bits per heavy atom. The van der Waals surface area contributed by atoms with E-state index in [1.807, 2.05) is 0 Å². The number of amides is 1. The first kappa shape index (κ1) is 20.0. The minimum atomic E-state index is -3.85. The Kier molecular flexibility index (Phi) is 6.09. The highest BCUT2D eigenvalue weighted by Crippen LogP contribution is 2.32. The fourth-order valence-corrected chi connectivity index (χ4v) is 3.66. The summed E-state index contributed by atoms with van der Waals surface area (Å²) >= 11 is 0. The van der Waals surface area contributed by atoms with Crippen molar-refractivity contribution >= 4 is 21.9 Å². The second-order valence-electron chi connectivity index (χ2n) is 5.95. The van der Waals surface area contributed by atoms with E-state index in [1.165, 1.54) is 32.4 Å². The van der Waals surface area contributed by atoms with Crippen LogP contribution in [0.5, 0.6) is 11.5 Å². The molecule has 1 aromatic rings. The molecule has 1 fully saturated rings. The molecule has 0 radical (unpaired) electrons. The number of sulfonamides is 1. The van der Waals surface area contributed by atoms with E-state index >= 15 is 0 Å². The minimum Gasteiger partial charge on any atom is -0.493 e. The van der Waals surface area contributed by atoms with Crippen molar-refractivity contribution in [2.24, 2.45) is 0 Å². The number of aliphatic carboxylic acids is 1.